The Bertz CT molecular complexity index is 294. The number of hydrogen-bond donors (Lipinski definition) is 0. The minimum Gasteiger partial charge on any atom is -0.249 e. The van der Waals surface area contributed by atoms with Gasteiger partial charge in [-0.1, -0.05) is 12.1 Å². The third kappa shape index (κ3) is 1.62. The summed E-state index contributed by atoms with van der Waals surface area (Å²) in [6.07, 6.45) is 1.39. The van der Waals surface area contributed by atoms with Crippen LogP contribution in [0.3, 0.4) is 0 Å². The zero-order valence-corrected chi connectivity index (χ0v) is 7.41. The summed E-state index contributed by atoms with van der Waals surface area (Å²) < 4.78 is 1.84. The first-order valence-electron chi connectivity index (χ1n) is 4.05. The molecule has 64 valence electrons. The van der Waals surface area contributed by atoms with Gasteiger partial charge in [0.05, 0.1) is 23.9 Å². The Morgan fingerprint density at radius 1 is 1.58 bits per heavy atom. The normalized spacial score (nSPS) is 9.75. The smallest absolute Gasteiger partial charge is 0.0996 e. The van der Waals surface area contributed by atoms with Crippen molar-refractivity contribution in [3.05, 3.63) is 11.4 Å². The van der Waals surface area contributed by atoms with Crippen molar-refractivity contribution < 1.29 is 0 Å². The fourth-order valence-electron chi connectivity index (χ4n) is 1.06. The highest BCUT2D eigenvalue weighted by Gasteiger charge is 2.05. The second kappa shape index (κ2) is 3.86. The van der Waals surface area contributed by atoms with Gasteiger partial charge in [0.15, 0.2) is 0 Å². The minimum absolute atomic E-state index is 0.357. The van der Waals surface area contributed by atoms with Crippen LogP contribution in [-0.4, -0.2) is 15.0 Å². The molecule has 0 aliphatic carbocycles. The average Bonchev–Trinajstić information content (AvgIpc) is 2.38. The Kier molecular flexibility index (Phi) is 2.81. The van der Waals surface area contributed by atoms with Crippen molar-refractivity contribution in [1.82, 2.24) is 15.0 Å². The van der Waals surface area contributed by atoms with E-state index in [2.05, 4.69) is 23.3 Å². The van der Waals surface area contributed by atoms with Gasteiger partial charge in [-0.15, -0.1) is 5.10 Å². The summed E-state index contributed by atoms with van der Waals surface area (Å²) in [6.45, 7) is 4.91. The molecule has 1 aromatic rings. The maximum atomic E-state index is 8.46. The van der Waals surface area contributed by atoms with E-state index in [0.717, 1.165) is 24.4 Å². The molecule has 0 amide bonds. The van der Waals surface area contributed by atoms with E-state index in [1.54, 1.807) is 0 Å². The highest BCUT2D eigenvalue weighted by Crippen LogP contribution is 2.04. The van der Waals surface area contributed by atoms with Crippen molar-refractivity contribution >= 4 is 0 Å². The summed E-state index contributed by atoms with van der Waals surface area (Å²) in [4.78, 5) is 0. The molecule has 0 saturated heterocycles. The molecule has 4 nitrogen and oxygen atoms in total. The molecule has 0 spiro atoms. The SMILES string of the molecule is CCCn1nnc(CC#N)c1C. The summed E-state index contributed by atoms with van der Waals surface area (Å²) >= 11 is 0. The van der Waals surface area contributed by atoms with Crippen molar-refractivity contribution in [3.8, 4) is 6.07 Å². The first-order chi connectivity index (χ1) is 5.79. The molecular formula is C8H12N4. The van der Waals surface area contributed by atoms with Gasteiger partial charge in [0.25, 0.3) is 0 Å². The van der Waals surface area contributed by atoms with Crippen LogP contribution in [0.2, 0.25) is 0 Å². The second-order valence-electron chi connectivity index (χ2n) is 2.68. The maximum Gasteiger partial charge on any atom is 0.0996 e. The summed E-state index contributed by atoms with van der Waals surface area (Å²) in [5.74, 6) is 0. The predicted octanol–water partition coefficient (Wildman–Crippen LogP) is 1.06. The molecule has 0 saturated carbocycles. The number of rotatable bonds is 3. The fraction of sp³-hybridized carbons (Fsp3) is 0.625. The van der Waals surface area contributed by atoms with Crippen LogP contribution in [0.25, 0.3) is 0 Å². The van der Waals surface area contributed by atoms with Crippen LogP contribution in [0.1, 0.15) is 24.7 Å². The molecule has 0 radical (unpaired) electrons. The zero-order chi connectivity index (χ0) is 8.97. The Labute approximate surface area is 71.8 Å². The molecule has 4 heteroatoms. The summed E-state index contributed by atoms with van der Waals surface area (Å²) in [5.41, 5.74) is 1.81. The Morgan fingerprint density at radius 3 is 2.92 bits per heavy atom. The molecule has 0 aromatic carbocycles. The van der Waals surface area contributed by atoms with Crippen molar-refractivity contribution in [2.24, 2.45) is 0 Å². The Hall–Kier alpha value is -1.37. The van der Waals surface area contributed by atoms with E-state index in [-0.39, 0.29) is 0 Å². The Balaban J connectivity index is 2.82. The van der Waals surface area contributed by atoms with Crippen LogP contribution in [0.5, 0.6) is 0 Å². The molecule has 0 fully saturated rings. The van der Waals surface area contributed by atoms with Gasteiger partial charge in [-0.05, 0) is 13.3 Å². The van der Waals surface area contributed by atoms with Crippen molar-refractivity contribution in [1.29, 1.82) is 5.26 Å². The Morgan fingerprint density at radius 2 is 2.33 bits per heavy atom. The molecule has 1 heterocycles. The van der Waals surface area contributed by atoms with Gasteiger partial charge >= 0.3 is 0 Å². The summed E-state index contributed by atoms with van der Waals surface area (Å²) in [6, 6.07) is 2.06. The third-order valence-electron chi connectivity index (χ3n) is 1.76. The molecule has 0 N–H and O–H groups in total. The molecule has 1 rings (SSSR count). The number of hydrogen-bond acceptors (Lipinski definition) is 3. The summed E-state index contributed by atoms with van der Waals surface area (Å²) in [5, 5.41) is 16.3. The number of aryl methyl sites for hydroxylation is 1. The van der Waals surface area contributed by atoms with Crippen molar-refractivity contribution in [2.45, 2.75) is 33.2 Å². The van der Waals surface area contributed by atoms with Crippen LogP contribution in [0, 0.1) is 18.3 Å². The quantitative estimate of drug-likeness (QED) is 0.671. The monoisotopic (exact) mass is 164 g/mol. The molecule has 0 aliphatic rings. The molecule has 12 heavy (non-hydrogen) atoms. The minimum atomic E-state index is 0.357. The number of aromatic nitrogens is 3. The lowest BCUT2D eigenvalue weighted by molar-refractivity contribution is 0.566. The van der Waals surface area contributed by atoms with Crippen molar-refractivity contribution in [2.75, 3.05) is 0 Å². The standard InChI is InChI=1S/C8H12N4/c1-3-6-12-7(2)8(4-5-9)10-11-12/h3-4,6H2,1-2H3. The van der Waals surface area contributed by atoms with E-state index < -0.39 is 0 Å². The lowest BCUT2D eigenvalue weighted by Gasteiger charge is -1.98. The van der Waals surface area contributed by atoms with Gasteiger partial charge in [0.1, 0.15) is 0 Å². The largest absolute Gasteiger partial charge is 0.249 e. The van der Waals surface area contributed by atoms with E-state index in [4.69, 9.17) is 5.26 Å². The lowest BCUT2D eigenvalue weighted by atomic mass is 10.3. The van der Waals surface area contributed by atoms with Gasteiger partial charge in [-0.25, -0.2) is 4.68 Å². The predicted molar refractivity (Wildman–Crippen MR) is 44.4 cm³/mol. The third-order valence-corrected chi connectivity index (χ3v) is 1.76. The van der Waals surface area contributed by atoms with E-state index in [9.17, 15) is 0 Å². The van der Waals surface area contributed by atoms with Crippen LogP contribution >= 0.6 is 0 Å². The summed E-state index contributed by atoms with van der Waals surface area (Å²) in [7, 11) is 0. The highest BCUT2D eigenvalue weighted by molar-refractivity contribution is 5.11. The highest BCUT2D eigenvalue weighted by atomic mass is 15.4. The topological polar surface area (TPSA) is 54.5 Å². The van der Waals surface area contributed by atoms with Crippen LogP contribution < -0.4 is 0 Å². The van der Waals surface area contributed by atoms with E-state index in [1.807, 2.05) is 11.6 Å². The number of nitriles is 1. The van der Waals surface area contributed by atoms with E-state index in [1.165, 1.54) is 0 Å². The van der Waals surface area contributed by atoms with Gasteiger partial charge in [0, 0.05) is 6.54 Å². The lowest BCUT2D eigenvalue weighted by Crippen LogP contribution is -2.01. The second-order valence-corrected chi connectivity index (χ2v) is 2.68. The van der Waals surface area contributed by atoms with Gasteiger partial charge in [-0.2, -0.15) is 5.26 Å². The first-order valence-corrected chi connectivity index (χ1v) is 4.05. The van der Waals surface area contributed by atoms with Crippen LogP contribution in [0.4, 0.5) is 0 Å². The maximum absolute atomic E-state index is 8.46. The van der Waals surface area contributed by atoms with Crippen molar-refractivity contribution in [3.63, 3.8) is 0 Å². The first kappa shape index (κ1) is 8.72. The van der Waals surface area contributed by atoms with E-state index >= 15 is 0 Å². The molecule has 0 unspecified atom stereocenters. The molecule has 0 atom stereocenters. The van der Waals surface area contributed by atoms with Gasteiger partial charge < -0.3 is 0 Å². The fourth-order valence-corrected chi connectivity index (χ4v) is 1.06. The number of nitrogens with zero attached hydrogens (tertiary/aromatic N) is 4. The zero-order valence-electron chi connectivity index (χ0n) is 7.41. The molecule has 0 aliphatic heterocycles. The van der Waals surface area contributed by atoms with Gasteiger partial charge in [0.2, 0.25) is 0 Å². The van der Waals surface area contributed by atoms with Gasteiger partial charge in [-0.3, -0.25) is 0 Å². The van der Waals surface area contributed by atoms with Crippen LogP contribution in [0.15, 0.2) is 0 Å². The van der Waals surface area contributed by atoms with Crippen LogP contribution in [-0.2, 0) is 13.0 Å². The molecule has 0 bridgehead atoms. The van der Waals surface area contributed by atoms with E-state index in [0.29, 0.717) is 6.42 Å². The molecular weight excluding hydrogens is 152 g/mol. The average molecular weight is 164 g/mol. The molecule has 1 aromatic heterocycles.